The summed E-state index contributed by atoms with van der Waals surface area (Å²) in [6.45, 7) is 3.90. The maximum atomic E-state index is 12.8. The van der Waals surface area contributed by atoms with Crippen molar-refractivity contribution in [3.63, 3.8) is 0 Å². The van der Waals surface area contributed by atoms with E-state index in [2.05, 4.69) is 22.0 Å². The maximum Gasteiger partial charge on any atom is 0.253 e. The number of hydrogen-bond donors (Lipinski definition) is 0. The molecule has 0 spiro atoms. The second-order valence-corrected chi connectivity index (χ2v) is 7.52. The number of anilines is 1. The quantitative estimate of drug-likeness (QED) is 0.607. The lowest BCUT2D eigenvalue weighted by atomic mass is 9.93. The molecule has 29 heavy (non-hydrogen) atoms. The first-order valence-electron chi connectivity index (χ1n) is 10.3. The summed E-state index contributed by atoms with van der Waals surface area (Å²) in [6.07, 6.45) is 7.05. The Morgan fingerprint density at radius 3 is 2.66 bits per heavy atom. The number of methoxy groups -OCH3 is 1. The van der Waals surface area contributed by atoms with Gasteiger partial charge >= 0.3 is 0 Å². The Morgan fingerprint density at radius 2 is 1.93 bits per heavy atom. The van der Waals surface area contributed by atoms with Gasteiger partial charge in [0.15, 0.2) is 0 Å². The molecular formula is C23H31N3O3. The summed E-state index contributed by atoms with van der Waals surface area (Å²) >= 11 is 0. The lowest BCUT2D eigenvalue weighted by molar-refractivity contribution is 0.0784. The third kappa shape index (κ3) is 6.19. The number of carbonyl (C=O) groups is 1. The zero-order chi connectivity index (χ0) is 20.5. The van der Waals surface area contributed by atoms with Gasteiger partial charge in [0.05, 0.1) is 6.61 Å². The molecule has 1 aromatic carbocycles. The molecule has 6 nitrogen and oxygen atoms in total. The van der Waals surface area contributed by atoms with Crippen molar-refractivity contribution in [1.82, 2.24) is 9.88 Å². The number of nitrogens with zero attached hydrogens (tertiary/aromatic N) is 3. The van der Waals surface area contributed by atoms with Crippen LogP contribution in [0.25, 0.3) is 0 Å². The number of benzene rings is 1. The highest BCUT2D eigenvalue weighted by atomic mass is 16.5. The van der Waals surface area contributed by atoms with Gasteiger partial charge in [-0.15, -0.1) is 0 Å². The summed E-state index contributed by atoms with van der Waals surface area (Å²) in [5, 5.41) is 0. The average Bonchev–Trinajstić information content (AvgIpc) is 2.78. The Morgan fingerprint density at radius 1 is 1.17 bits per heavy atom. The second-order valence-electron chi connectivity index (χ2n) is 7.52. The summed E-state index contributed by atoms with van der Waals surface area (Å²) in [7, 11) is 3.52. The highest BCUT2D eigenvalue weighted by Gasteiger charge is 2.21. The van der Waals surface area contributed by atoms with Crippen molar-refractivity contribution >= 4 is 11.6 Å². The minimum atomic E-state index is 0.0383. The molecule has 3 rings (SSSR count). The van der Waals surface area contributed by atoms with Crippen LogP contribution < -0.4 is 9.64 Å². The molecule has 1 aliphatic rings. The molecule has 156 valence electrons. The predicted octanol–water partition coefficient (Wildman–Crippen LogP) is 3.49. The molecule has 1 aromatic heterocycles. The second kappa shape index (κ2) is 10.8. The number of piperidine rings is 1. The highest BCUT2D eigenvalue weighted by molar-refractivity contribution is 5.94. The Balaban J connectivity index is 1.44. The fourth-order valence-electron chi connectivity index (χ4n) is 3.69. The molecule has 1 fully saturated rings. The van der Waals surface area contributed by atoms with Crippen LogP contribution in [0.1, 0.15) is 29.6 Å². The molecule has 2 aromatic rings. The van der Waals surface area contributed by atoms with Crippen LogP contribution in [0.5, 0.6) is 5.75 Å². The van der Waals surface area contributed by atoms with Crippen LogP contribution in [0.3, 0.4) is 0 Å². The topological polar surface area (TPSA) is 54.9 Å². The standard InChI is InChI=1S/C23H31N3O3/c1-25(23(27)20-4-3-5-22(18-20)29-17-16-28-2)13-8-19-9-14-26(15-10-19)21-6-11-24-12-7-21/h3-7,11-12,18-19H,8-10,13-17H2,1-2H3. The third-order valence-corrected chi connectivity index (χ3v) is 5.50. The average molecular weight is 398 g/mol. The van der Waals surface area contributed by atoms with Gasteiger partial charge in [-0.05, 0) is 55.5 Å². The number of carbonyl (C=O) groups excluding carboxylic acids is 1. The number of pyridine rings is 1. The molecule has 2 heterocycles. The molecule has 0 atom stereocenters. The van der Waals surface area contributed by atoms with Crippen LogP contribution in [0, 0.1) is 5.92 Å². The molecule has 1 saturated heterocycles. The van der Waals surface area contributed by atoms with Crippen molar-refractivity contribution in [2.45, 2.75) is 19.3 Å². The normalized spacial score (nSPS) is 14.6. The fourth-order valence-corrected chi connectivity index (χ4v) is 3.69. The zero-order valence-corrected chi connectivity index (χ0v) is 17.4. The van der Waals surface area contributed by atoms with Gasteiger partial charge in [-0.2, -0.15) is 0 Å². The van der Waals surface area contributed by atoms with Gasteiger partial charge in [0.2, 0.25) is 0 Å². The summed E-state index contributed by atoms with van der Waals surface area (Å²) in [5.74, 6) is 1.40. The third-order valence-electron chi connectivity index (χ3n) is 5.50. The monoisotopic (exact) mass is 397 g/mol. The molecular weight excluding hydrogens is 366 g/mol. The van der Waals surface area contributed by atoms with Crippen LogP contribution >= 0.6 is 0 Å². The minimum Gasteiger partial charge on any atom is -0.491 e. The number of amides is 1. The molecule has 0 aliphatic carbocycles. The first kappa shape index (κ1) is 21.1. The van der Waals surface area contributed by atoms with Crippen LogP contribution in [-0.4, -0.2) is 62.8 Å². The van der Waals surface area contributed by atoms with Gasteiger partial charge in [-0.25, -0.2) is 0 Å². The van der Waals surface area contributed by atoms with Crippen molar-refractivity contribution in [1.29, 1.82) is 0 Å². The van der Waals surface area contributed by atoms with Crippen LogP contribution in [-0.2, 0) is 4.74 Å². The van der Waals surface area contributed by atoms with E-state index in [0.29, 0.717) is 30.4 Å². The van der Waals surface area contributed by atoms with E-state index in [1.165, 1.54) is 5.69 Å². The van der Waals surface area contributed by atoms with Crippen molar-refractivity contribution in [3.8, 4) is 5.75 Å². The summed E-state index contributed by atoms with van der Waals surface area (Å²) in [5.41, 5.74) is 1.91. The van der Waals surface area contributed by atoms with E-state index in [0.717, 1.165) is 38.9 Å². The lowest BCUT2D eigenvalue weighted by Crippen LogP contribution is -2.35. The Bertz CT molecular complexity index is 761. The van der Waals surface area contributed by atoms with E-state index in [1.807, 2.05) is 48.6 Å². The van der Waals surface area contributed by atoms with Crippen LogP contribution in [0.2, 0.25) is 0 Å². The first-order chi connectivity index (χ1) is 14.2. The Kier molecular flexibility index (Phi) is 7.87. The van der Waals surface area contributed by atoms with Gasteiger partial charge in [0, 0.05) is 57.4 Å². The molecule has 0 saturated carbocycles. The molecule has 1 aliphatic heterocycles. The maximum absolute atomic E-state index is 12.8. The van der Waals surface area contributed by atoms with Crippen LogP contribution in [0.4, 0.5) is 5.69 Å². The smallest absolute Gasteiger partial charge is 0.253 e. The number of ether oxygens (including phenoxy) is 2. The van der Waals surface area contributed by atoms with Crippen LogP contribution in [0.15, 0.2) is 48.8 Å². The molecule has 6 heteroatoms. The largest absolute Gasteiger partial charge is 0.491 e. The van der Waals surface area contributed by atoms with E-state index in [4.69, 9.17) is 9.47 Å². The summed E-state index contributed by atoms with van der Waals surface area (Å²) in [4.78, 5) is 21.1. The molecule has 1 amide bonds. The highest BCUT2D eigenvalue weighted by Crippen LogP contribution is 2.25. The Hall–Kier alpha value is -2.60. The summed E-state index contributed by atoms with van der Waals surface area (Å²) in [6, 6.07) is 11.5. The van der Waals surface area contributed by atoms with E-state index < -0.39 is 0 Å². The lowest BCUT2D eigenvalue weighted by Gasteiger charge is -2.34. The van der Waals surface area contributed by atoms with Crippen molar-refractivity contribution in [2.75, 3.05) is 51.9 Å². The number of hydrogen-bond acceptors (Lipinski definition) is 5. The van der Waals surface area contributed by atoms with Crippen molar-refractivity contribution < 1.29 is 14.3 Å². The predicted molar refractivity (Wildman–Crippen MR) is 115 cm³/mol. The van der Waals surface area contributed by atoms with E-state index in [-0.39, 0.29) is 5.91 Å². The minimum absolute atomic E-state index is 0.0383. The number of aromatic nitrogens is 1. The number of rotatable bonds is 9. The SMILES string of the molecule is COCCOc1cccc(C(=O)N(C)CCC2CCN(c3ccncc3)CC2)c1. The first-order valence-corrected chi connectivity index (χ1v) is 10.3. The molecule has 0 unspecified atom stereocenters. The van der Waals surface area contributed by atoms with Gasteiger partial charge < -0.3 is 19.3 Å². The van der Waals surface area contributed by atoms with Gasteiger partial charge in [0.1, 0.15) is 12.4 Å². The molecule has 0 radical (unpaired) electrons. The van der Waals surface area contributed by atoms with Crippen molar-refractivity contribution in [3.05, 3.63) is 54.4 Å². The zero-order valence-electron chi connectivity index (χ0n) is 17.4. The van der Waals surface area contributed by atoms with E-state index in [1.54, 1.807) is 7.11 Å². The van der Waals surface area contributed by atoms with Gasteiger partial charge in [-0.3, -0.25) is 9.78 Å². The molecule has 0 bridgehead atoms. The van der Waals surface area contributed by atoms with Gasteiger partial charge in [-0.1, -0.05) is 6.07 Å². The molecule has 0 N–H and O–H groups in total. The fraction of sp³-hybridized carbons (Fsp3) is 0.478. The summed E-state index contributed by atoms with van der Waals surface area (Å²) < 4.78 is 10.6. The van der Waals surface area contributed by atoms with E-state index >= 15 is 0 Å². The van der Waals surface area contributed by atoms with Gasteiger partial charge in [0.25, 0.3) is 5.91 Å². The van der Waals surface area contributed by atoms with Crippen molar-refractivity contribution in [2.24, 2.45) is 5.92 Å². The van der Waals surface area contributed by atoms with E-state index in [9.17, 15) is 4.79 Å². The Labute approximate surface area is 173 Å².